The molecule has 0 saturated heterocycles. The number of halogens is 1. The molecule has 3 rings (SSSR count). The molecule has 0 bridgehead atoms. The van der Waals surface area contributed by atoms with Crippen LogP contribution in [0, 0.1) is 6.92 Å². The Kier molecular flexibility index (Phi) is 3.83. The molecule has 2 aromatic carbocycles. The van der Waals surface area contributed by atoms with Gasteiger partial charge in [-0.25, -0.2) is 0 Å². The number of hydrogen-bond acceptors (Lipinski definition) is 2. The number of anilines is 2. The molecule has 0 fully saturated rings. The van der Waals surface area contributed by atoms with Gasteiger partial charge in [0.1, 0.15) is 0 Å². The van der Waals surface area contributed by atoms with Crippen molar-refractivity contribution >= 4 is 23.0 Å². The van der Waals surface area contributed by atoms with E-state index in [0.29, 0.717) is 0 Å². The van der Waals surface area contributed by atoms with E-state index in [-0.39, 0.29) is 0 Å². The van der Waals surface area contributed by atoms with Crippen LogP contribution in [0.25, 0.3) is 0 Å². The van der Waals surface area contributed by atoms with Crippen LogP contribution >= 0.6 is 11.6 Å². The average Bonchev–Trinajstić information content (AvgIpc) is 2.46. The molecule has 0 spiro atoms. The topological polar surface area (TPSA) is 24.1 Å². The van der Waals surface area contributed by atoms with Gasteiger partial charge in [0.05, 0.1) is 10.7 Å². The van der Waals surface area contributed by atoms with E-state index in [9.17, 15) is 0 Å². The van der Waals surface area contributed by atoms with Crippen LogP contribution in [0.2, 0.25) is 5.02 Å². The highest BCUT2D eigenvalue weighted by molar-refractivity contribution is 6.33. The van der Waals surface area contributed by atoms with Crippen molar-refractivity contribution in [3.8, 4) is 0 Å². The Balaban J connectivity index is 1.78. The minimum Gasteiger partial charge on any atom is -0.385 e. The summed E-state index contributed by atoms with van der Waals surface area (Å²) >= 11 is 6.26. The Hall–Kier alpha value is -1.67. The first kappa shape index (κ1) is 13.3. The fourth-order valence-corrected chi connectivity index (χ4v) is 2.98. The van der Waals surface area contributed by atoms with Crippen LogP contribution in [0.5, 0.6) is 0 Å². The zero-order chi connectivity index (χ0) is 13.9. The minimum absolute atomic E-state index is 0.780. The molecule has 0 amide bonds. The number of para-hydroxylation sites is 1. The van der Waals surface area contributed by atoms with Gasteiger partial charge >= 0.3 is 0 Å². The molecule has 0 saturated carbocycles. The Labute approximate surface area is 125 Å². The Morgan fingerprint density at radius 2 is 2.15 bits per heavy atom. The maximum absolute atomic E-state index is 6.26. The van der Waals surface area contributed by atoms with Gasteiger partial charge < -0.3 is 10.6 Å². The van der Waals surface area contributed by atoms with Crippen molar-refractivity contribution in [3.63, 3.8) is 0 Å². The van der Waals surface area contributed by atoms with Crippen LogP contribution in [-0.2, 0) is 13.0 Å². The maximum atomic E-state index is 6.26. The Bertz CT molecular complexity index is 622. The van der Waals surface area contributed by atoms with Gasteiger partial charge in [-0.15, -0.1) is 0 Å². The lowest BCUT2D eigenvalue weighted by Gasteiger charge is -2.21. The van der Waals surface area contributed by atoms with Crippen LogP contribution in [0.15, 0.2) is 36.4 Å². The summed E-state index contributed by atoms with van der Waals surface area (Å²) in [4.78, 5) is 0. The summed E-state index contributed by atoms with van der Waals surface area (Å²) in [7, 11) is 0. The van der Waals surface area contributed by atoms with E-state index in [0.717, 1.165) is 23.8 Å². The molecule has 20 heavy (non-hydrogen) atoms. The smallest absolute Gasteiger partial charge is 0.0640 e. The van der Waals surface area contributed by atoms with Crippen molar-refractivity contribution in [2.45, 2.75) is 26.3 Å². The van der Waals surface area contributed by atoms with E-state index in [1.807, 2.05) is 19.1 Å². The predicted octanol–water partition coefficient (Wildman–Crippen LogP) is 4.62. The van der Waals surface area contributed by atoms with Crippen LogP contribution in [0.1, 0.15) is 23.1 Å². The lowest BCUT2D eigenvalue weighted by atomic mass is 9.99. The number of hydrogen-bond donors (Lipinski definition) is 2. The fourth-order valence-electron chi connectivity index (χ4n) is 2.68. The summed E-state index contributed by atoms with van der Waals surface area (Å²) in [5.41, 5.74) is 6.20. The fraction of sp³-hybridized carbons (Fsp3) is 0.294. The summed E-state index contributed by atoms with van der Waals surface area (Å²) in [5, 5.41) is 7.73. The summed E-state index contributed by atoms with van der Waals surface area (Å²) in [6.45, 7) is 3.90. The van der Waals surface area contributed by atoms with Crippen LogP contribution < -0.4 is 10.6 Å². The van der Waals surface area contributed by atoms with Crippen LogP contribution in [0.4, 0.5) is 11.4 Å². The van der Waals surface area contributed by atoms with Crippen molar-refractivity contribution in [2.24, 2.45) is 0 Å². The molecular weight excluding hydrogens is 268 g/mol. The van der Waals surface area contributed by atoms with E-state index in [2.05, 4.69) is 34.9 Å². The average molecular weight is 287 g/mol. The lowest BCUT2D eigenvalue weighted by Crippen LogP contribution is -2.15. The monoisotopic (exact) mass is 286 g/mol. The summed E-state index contributed by atoms with van der Waals surface area (Å²) < 4.78 is 0. The second-order valence-electron chi connectivity index (χ2n) is 5.32. The van der Waals surface area contributed by atoms with E-state index in [1.165, 1.54) is 35.2 Å². The van der Waals surface area contributed by atoms with Gasteiger partial charge in [0.2, 0.25) is 0 Å². The molecule has 2 N–H and O–H groups in total. The number of nitrogens with one attached hydrogen (secondary N) is 2. The molecule has 3 heteroatoms. The molecule has 0 aliphatic carbocycles. The van der Waals surface area contributed by atoms with Gasteiger partial charge in [-0.3, -0.25) is 0 Å². The summed E-state index contributed by atoms with van der Waals surface area (Å²) in [5.74, 6) is 0. The van der Waals surface area contributed by atoms with Gasteiger partial charge in [0, 0.05) is 18.8 Å². The summed E-state index contributed by atoms with van der Waals surface area (Å²) in [6.07, 6.45) is 2.38. The van der Waals surface area contributed by atoms with E-state index >= 15 is 0 Å². The summed E-state index contributed by atoms with van der Waals surface area (Å²) in [6, 6.07) is 12.6. The minimum atomic E-state index is 0.780. The van der Waals surface area contributed by atoms with Crippen LogP contribution in [-0.4, -0.2) is 6.54 Å². The second-order valence-corrected chi connectivity index (χ2v) is 5.73. The molecular formula is C17H19ClN2. The highest BCUT2D eigenvalue weighted by Crippen LogP contribution is 2.28. The lowest BCUT2D eigenvalue weighted by molar-refractivity contribution is 0.825. The number of benzene rings is 2. The van der Waals surface area contributed by atoms with Gasteiger partial charge in [0.25, 0.3) is 0 Å². The number of rotatable bonds is 3. The Morgan fingerprint density at radius 3 is 3.00 bits per heavy atom. The standard InChI is InChI=1S/C17H19ClN2/c1-12-7-8-16(15(18)10-12)20-11-14-5-2-4-13-6-3-9-19-17(13)14/h2,4-5,7-8,10,19-20H,3,6,9,11H2,1H3. The third kappa shape index (κ3) is 2.75. The largest absolute Gasteiger partial charge is 0.385 e. The highest BCUT2D eigenvalue weighted by Gasteiger charge is 2.12. The molecule has 0 aromatic heterocycles. The van der Waals surface area contributed by atoms with Gasteiger partial charge in [-0.1, -0.05) is 35.9 Å². The maximum Gasteiger partial charge on any atom is 0.0640 e. The van der Waals surface area contributed by atoms with Crippen molar-refractivity contribution in [2.75, 3.05) is 17.2 Å². The molecule has 2 nitrogen and oxygen atoms in total. The Morgan fingerprint density at radius 1 is 1.25 bits per heavy atom. The predicted molar refractivity (Wildman–Crippen MR) is 86.8 cm³/mol. The number of aryl methyl sites for hydroxylation is 2. The quantitative estimate of drug-likeness (QED) is 0.860. The van der Waals surface area contributed by atoms with E-state index < -0.39 is 0 Å². The molecule has 0 unspecified atom stereocenters. The molecule has 2 aromatic rings. The molecule has 0 radical (unpaired) electrons. The van der Waals surface area contributed by atoms with Crippen molar-refractivity contribution in [3.05, 3.63) is 58.1 Å². The third-order valence-corrected chi connectivity index (χ3v) is 4.07. The van der Waals surface area contributed by atoms with Gasteiger partial charge in [-0.2, -0.15) is 0 Å². The first-order valence-electron chi connectivity index (χ1n) is 7.09. The van der Waals surface area contributed by atoms with Gasteiger partial charge in [-0.05, 0) is 48.6 Å². The first-order chi connectivity index (χ1) is 9.74. The van der Waals surface area contributed by atoms with Gasteiger partial charge in [0.15, 0.2) is 0 Å². The van der Waals surface area contributed by atoms with E-state index in [4.69, 9.17) is 11.6 Å². The number of fused-ring (bicyclic) bond motifs is 1. The molecule has 0 atom stereocenters. The zero-order valence-corrected chi connectivity index (χ0v) is 12.4. The third-order valence-electron chi connectivity index (χ3n) is 3.76. The first-order valence-corrected chi connectivity index (χ1v) is 7.46. The highest BCUT2D eigenvalue weighted by atomic mass is 35.5. The molecule has 1 aliphatic rings. The van der Waals surface area contributed by atoms with E-state index in [1.54, 1.807) is 0 Å². The normalized spacial score (nSPS) is 13.5. The SMILES string of the molecule is Cc1ccc(NCc2cccc3c2NCCC3)c(Cl)c1. The molecule has 104 valence electrons. The molecule has 1 heterocycles. The van der Waals surface area contributed by atoms with Crippen LogP contribution in [0.3, 0.4) is 0 Å². The second kappa shape index (κ2) is 5.76. The molecule has 1 aliphatic heterocycles. The van der Waals surface area contributed by atoms with Crippen molar-refractivity contribution < 1.29 is 0 Å². The van der Waals surface area contributed by atoms with Crippen molar-refractivity contribution in [1.82, 2.24) is 0 Å². The zero-order valence-electron chi connectivity index (χ0n) is 11.7. The van der Waals surface area contributed by atoms with Crippen molar-refractivity contribution in [1.29, 1.82) is 0 Å².